The fraction of sp³-hybridized carbons (Fsp3) is 1.00. The second kappa shape index (κ2) is 3.53. The minimum absolute atomic E-state index is 0.0513. The molecule has 4 nitrogen and oxygen atoms in total. The second-order valence-corrected chi connectivity index (χ2v) is 4.21. The molecule has 2 aliphatic heterocycles. The summed E-state index contributed by atoms with van der Waals surface area (Å²) in [7, 11) is 0. The number of aliphatic hydroxyl groups excluding tert-OH is 1. The monoisotopic (exact) mass is 186 g/mol. The highest BCUT2D eigenvalue weighted by Gasteiger charge is 2.37. The van der Waals surface area contributed by atoms with Crippen molar-refractivity contribution in [3.63, 3.8) is 0 Å². The van der Waals surface area contributed by atoms with Gasteiger partial charge in [-0.05, 0) is 32.9 Å². The molecule has 0 aromatic carbocycles. The molecule has 2 unspecified atom stereocenters. The van der Waals surface area contributed by atoms with Gasteiger partial charge in [-0.15, -0.1) is 0 Å². The zero-order chi connectivity index (χ0) is 9.31. The van der Waals surface area contributed by atoms with Crippen molar-refractivity contribution in [2.45, 2.75) is 37.7 Å². The van der Waals surface area contributed by atoms with Crippen LogP contribution in [0.4, 0.5) is 0 Å². The first-order valence-electron chi connectivity index (χ1n) is 5.00. The lowest BCUT2D eigenvalue weighted by Crippen LogP contribution is -2.62. The number of β-amino-alcohol motifs (C(OH)–C–C–N with tert-alkyl or cyclic N) is 1. The van der Waals surface area contributed by atoms with E-state index < -0.39 is 0 Å². The first-order chi connectivity index (χ1) is 6.20. The van der Waals surface area contributed by atoms with Crippen LogP contribution in [0.1, 0.15) is 19.8 Å². The van der Waals surface area contributed by atoms with Gasteiger partial charge in [-0.2, -0.15) is 0 Å². The van der Waals surface area contributed by atoms with Crippen LogP contribution in [0, 0.1) is 0 Å². The van der Waals surface area contributed by atoms with Crippen LogP contribution in [0.2, 0.25) is 0 Å². The number of nitrogens with one attached hydrogen (secondary N) is 2. The maximum absolute atomic E-state index is 9.35. The van der Waals surface area contributed by atoms with E-state index in [1.807, 2.05) is 0 Å². The SMILES string of the molecule is CC1(OC2NCC2O)CCNCC1. The van der Waals surface area contributed by atoms with Crippen LogP contribution < -0.4 is 10.6 Å². The standard InChI is InChI=1S/C9H18N2O2/c1-9(2-4-10-5-3-9)13-8-7(12)6-11-8/h7-8,10-12H,2-6H2,1H3. The van der Waals surface area contributed by atoms with Crippen molar-refractivity contribution in [3.8, 4) is 0 Å². The molecule has 0 saturated carbocycles. The van der Waals surface area contributed by atoms with Crippen LogP contribution in [0.15, 0.2) is 0 Å². The molecular formula is C9H18N2O2. The Hall–Kier alpha value is -0.160. The van der Waals surface area contributed by atoms with E-state index in [2.05, 4.69) is 17.6 Å². The molecular weight excluding hydrogens is 168 g/mol. The minimum atomic E-state index is -0.313. The van der Waals surface area contributed by atoms with E-state index in [9.17, 15) is 5.11 Å². The highest BCUT2D eigenvalue weighted by Crippen LogP contribution is 2.25. The van der Waals surface area contributed by atoms with Gasteiger partial charge in [0.25, 0.3) is 0 Å². The summed E-state index contributed by atoms with van der Waals surface area (Å²) >= 11 is 0. The lowest BCUT2D eigenvalue weighted by atomic mass is 9.94. The number of aliphatic hydroxyl groups is 1. The average Bonchev–Trinajstić information content (AvgIpc) is 2.14. The largest absolute Gasteiger partial charge is 0.388 e. The summed E-state index contributed by atoms with van der Waals surface area (Å²) in [6.07, 6.45) is 1.60. The zero-order valence-corrected chi connectivity index (χ0v) is 8.05. The van der Waals surface area contributed by atoms with Gasteiger partial charge in [0.1, 0.15) is 12.3 Å². The number of hydrogen-bond donors (Lipinski definition) is 3. The Morgan fingerprint density at radius 1 is 1.38 bits per heavy atom. The molecule has 0 aromatic rings. The first-order valence-corrected chi connectivity index (χ1v) is 5.00. The van der Waals surface area contributed by atoms with Crippen LogP contribution in [0.5, 0.6) is 0 Å². The molecule has 0 aromatic heterocycles. The van der Waals surface area contributed by atoms with E-state index in [0.29, 0.717) is 6.54 Å². The van der Waals surface area contributed by atoms with Gasteiger partial charge in [-0.3, -0.25) is 5.32 Å². The quantitative estimate of drug-likeness (QED) is 0.541. The van der Waals surface area contributed by atoms with Crippen molar-refractivity contribution in [3.05, 3.63) is 0 Å². The Bertz CT molecular complexity index is 180. The topological polar surface area (TPSA) is 53.5 Å². The summed E-state index contributed by atoms with van der Waals surface area (Å²) in [5.74, 6) is 0. The third-order valence-corrected chi connectivity index (χ3v) is 2.95. The first kappa shape index (κ1) is 9.40. The van der Waals surface area contributed by atoms with E-state index in [1.165, 1.54) is 0 Å². The second-order valence-electron chi connectivity index (χ2n) is 4.21. The highest BCUT2D eigenvalue weighted by atomic mass is 16.5. The van der Waals surface area contributed by atoms with E-state index in [-0.39, 0.29) is 17.9 Å². The van der Waals surface area contributed by atoms with Crippen LogP contribution in [0.3, 0.4) is 0 Å². The fourth-order valence-electron chi connectivity index (χ4n) is 1.82. The Morgan fingerprint density at radius 3 is 2.54 bits per heavy atom. The molecule has 13 heavy (non-hydrogen) atoms. The highest BCUT2D eigenvalue weighted by molar-refractivity contribution is 4.88. The van der Waals surface area contributed by atoms with Crippen molar-refractivity contribution < 1.29 is 9.84 Å². The Morgan fingerprint density at radius 2 is 2.08 bits per heavy atom. The van der Waals surface area contributed by atoms with Crippen LogP contribution >= 0.6 is 0 Å². The molecule has 3 N–H and O–H groups in total. The zero-order valence-electron chi connectivity index (χ0n) is 8.05. The summed E-state index contributed by atoms with van der Waals surface area (Å²) in [6, 6.07) is 0. The molecule has 2 rings (SSSR count). The Kier molecular flexibility index (Phi) is 2.55. The number of hydrogen-bond acceptors (Lipinski definition) is 4. The van der Waals surface area contributed by atoms with Crippen molar-refractivity contribution in [2.75, 3.05) is 19.6 Å². The van der Waals surface area contributed by atoms with Gasteiger partial charge in [-0.1, -0.05) is 0 Å². The fourth-order valence-corrected chi connectivity index (χ4v) is 1.82. The van der Waals surface area contributed by atoms with Crippen molar-refractivity contribution in [2.24, 2.45) is 0 Å². The summed E-state index contributed by atoms with van der Waals surface area (Å²) in [5.41, 5.74) is -0.0513. The normalized spacial score (nSPS) is 38.3. The van der Waals surface area contributed by atoms with E-state index in [4.69, 9.17) is 4.74 Å². The molecule has 0 aliphatic carbocycles. The third kappa shape index (κ3) is 2.02. The molecule has 4 heteroatoms. The summed E-state index contributed by atoms with van der Waals surface area (Å²) < 4.78 is 5.83. The minimum Gasteiger partial charge on any atom is -0.388 e. The summed E-state index contributed by atoms with van der Waals surface area (Å²) in [6.45, 7) is 4.82. The van der Waals surface area contributed by atoms with Crippen molar-refractivity contribution >= 4 is 0 Å². The molecule has 2 atom stereocenters. The van der Waals surface area contributed by atoms with Crippen molar-refractivity contribution in [1.29, 1.82) is 0 Å². The number of ether oxygens (including phenoxy) is 1. The van der Waals surface area contributed by atoms with Gasteiger partial charge >= 0.3 is 0 Å². The molecule has 0 radical (unpaired) electrons. The van der Waals surface area contributed by atoms with Gasteiger partial charge in [0.2, 0.25) is 0 Å². The predicted octanol–water partition coefficient (Wildman–Crippen LogP) is -0.565. The maximum Gasteiger partial charge on any atom is 0.136 e. The van der Waals surface area contributed by atoms with Crippen LogP contribution in [-0.4, -0.2) is 42.7 Å². The van der Waals surface area contributed by atoms with Crippen molar-refractivity contribution in [1.82, 2.24) is 10.6 Å². The lowest BCUT2D eigenvalue weighted by Gasteiger charge is -2.43. The molecule has 0 amide bonds. The van der Waals surface area contributed by atoms with Gasteiger partial charge in [0.05, 0.1) is 5.60 Å². The van der Waals surface area contributed by atoms with E-state index >= 15 is 0 Å². The van der Waals surface area contributed by atoms with Gasteiger partial charge in [0, 0.05) is 6.54 Å². The predicted molar refractivity (Wildman–Crippen MR) is 49.4 cm³/mol. The molecule has 76 valence electrons. The van der Waals surface area contributed by atoms with E-state index in [0.717, 1.165) is 25.9 Å². The molecule has 2 heterocycles. The summed E-state index contributed by atoms with van der Waals surface area (Å²) in [4.78, 5) is 0. The lowest BCUT2D eigenvalue weighted by molar-refractivity contribution is -0.182. The maximum atomic E-state index is 9.35. The molecule has 2 saturated heterocycles. The average molecular weight is 186 g/mol. The summed E-state index contributed by atoms with van der Waals surface area (Å²) in [5, 5.41) is 15.7. The Labute approximate surface area is 78.7 Å². The Balaban J connectivity index is 1.84. The molecule has 0 bridgehead atoms. The van der Waals surface area contributed by atoms with Crippen LogP contribution in [-0.2, 0) is 4.74 Å². The van der Waals surface area contributed by atoms with Gasteiger partial charge in [0.15, 0.2) is 0 Å². The smallest absolute Gasteiger partial charge is 0.136 e. The molecule has 0 spiro atoms. The molecule has 2 aliphatic rings. The molecule has 2 fully saturated rings. The van der Waals surface area contributed by atoms with E-state index in [1.54, 1.807) is 0 Å². The number of piperidine rings is 1. The van der Waals surface area contributed by atoms with Gasteiger partial charge < -0.3 is 15.2 Å². The third-order valence-electron chi connectivity index (χ3n) is 2.95. The van der Waals surface area contributed by atoms with Gasteiger partial charge in [-0.25, -0.2) is 0 Å². The van der Waals surface area contributed by atoms with Crippen LogP contribution in [0.25, 0.3) is 0 Å². The number of rotatable bonds is 2.